The molecule has 0 fully saturated rings. The molecule has 0 saturated carbocycles. The molecule has 2 aromatic heterocycles. The minimum atomic E-state index is 0.210. The van der Waals surface area contributed by atoms with Crippen LogP contribution < -0.4 is 10.6 Å². The van der Waals surface area contributed by atoms with Gasteiger partial charge in [0.25, 0.3) is 0 Å². The molecule has 0 spiro atoms. The SMILES string of the molecule is Cc1ccc(-c2cnc(N(C)C(C)CN)nc2)o1. The summed E-state index contributed by atoms with van der Waals surface area (Å²) < 4.78 is 5.52. The van der Waals surface area contributed by atoms with Crippen molar-refractivity contribution in [3.63, 3.8) is 0 Å². The van der Waals surface area contributed by atoms with Gasteiger partial charge in [-0.25, -0.2) is 9.97 Å². The van der Waals surface area contributed by atoms with Gasteiger partial charge in [0.15, 0.2) is 0 Å². The van der Waals surface area contributed by atoms with Gasteiger partial charge in [-0.2, -0.15) is 0 Å². The first-order valence-electron chi connectivity index (χ1n) is 5.93. The van der Waals surface area contributed by atoms with Gasteiger partial charge in [-0.3, -0.25) is 0 Å². The van der Waals surface area contributed by atoms with Crippen molar-refractivity contribution in [2.45, 2.75) is 19.9 Å². The second-order valence-corrected chi connectivity index (χ2v) is 4.38. The minimum absolute atomic E-state index is 0.210. The van der Waals surface area contributed by atoms with Gasteiger partial charge in [-0.15, -0.1) is 0 Å². The Labute approximate surface area is 107 Å². The number of nitrogens with zero attached hydrogens (tertiary/aromatic N) is 3. The second kappa shape index (κ2) is 5.18. The number of aryl methyl sites for hydroxylation is 1. The number of hydrogen-bond donors (Lipinski definition) is 1. The monoisotopic (exact) mass is 246 g/mol. The van der Waals surface area contributed by atoms with Gasteiger partial charge in [0, 0.05) is 32.0 Å². The number of nitrogens with two attached hydrogens (primary N) is 1. The van der Waals surface area contributed by atoms with Crippen LogP contribution in [0.4, 0.5) is 5.95 Å². The molecule has 1 atom stereocenters. The lowest BCUT2D eigenvalue weighted by atomic mass is 10.2. The highest BCUT2D eigenvalue weighted by Crippen LogP contribution is 2.21. The molecule has 0 aliphatic heterocycles. The highest BCUT2D eigenvalue weighted by molar-refractivity contribution is 5.55. The number of likely N-dealkylation sites (N-methyl/N-ethyl adjacent to an activating group) is 1. The normalized spacial score (nSPS) is 12.4. The molecule has 0 radical (unpaired) electrons. The van der Waals surface area contributed by atoms with Crippen molar-refractivity contribution in [3.8, 4) is 11.3 Å². The Kier molecular flexibility index (Phi) is 3.62. The predicted molar refractivity (Wildman–Crippen MR) is 71.4 cm³/mol. The van der Waals surface area contributed by atoms with Crippen molar-refractivity contribution in [2.75, 3.05) is 18.5 Å². The van der Waals surface area contributed by atoms with Crippen LogP contribution in [0.5, 0.6) is 0 Å². The van der Waals surface area contributed by atoms with Crippen LogP contribution in [0.25, 0.3) is 11.3 Å². The number of hydrogen-bond acceptors (Lipinski definition) is 5. The number of furan rings is 1. The summed E-state index contributed by atoms with van der Waals surface area (Å²) in [6.45, 7) is 4.52. The van der Waals surface area contributed by atoms with Gasteiger partial charge in [0.1, 0.15) is 11.5 Å². The van der Waals surface area contributed by atoms with Crippen LogP contribution in [0.3, 0.4) is 0 Å². The van der Waals surface area contributed by atoms with E-state index < -0.39 is 0 Å². The average molecular weight is 246 g/mol. The average Bonchev–Trinajstić information content (AvgIpc) is 2.84. The molecule has 2 rings (SSSR count). The van der Waals surface area contributed by atoms with Crippen LogP contribution in [0.1, 0.15) is 12.7 Å². The molecule has 0 aromatic carbocycles. The zero-order valence-electron chi connectivity index (χ0n) is 10.9. The van der Waals surface area contributed by atoms with Gasteiger partial charge in [0.05, 0.1) is 5.56 Å². The van der Waals surface area contributed by atoms with Crippen molar-refractivity contribution in [1.29, 1.82) is 0 Å². The maximum atomic E-state index is 5.62. The fourth-order valence-electron chi connectivity index (χ4n) is 1.58. The molecule has 0 amide bonds. The Morgan fingerprint density at radius 3 is 2.50 bits per heavy atom. The molecule has 2 N–H and O–H groups in total. The van der Waals surface area contributed by atoms with E-state index in [9.17, 15) is 0 Å². The van der Waals surface area contributed by atoms with Crippen molar-refractivity contribution in [1.82, 2.24) is 9.97 Å². The predicted octanol–water partition coefficient (Wildman–Crippen LogP) is 1.83. The number of aromatic nitrogens is 2. The van der Waals surface area contributed by atoms with Crippen molar-refractivity contribution in [2.24, 2.45) is 5.73 Å². The van der Waals surface area contributed by atoms with Gasteiger partial charge in [0.2, 0.25) is 5.95 Å². The second-order valence-electron chi connectivity index (χ2n) is 4.38. The summed E-state index contributed by atoms with van der Waals surface area (Å²) in [5, 5.41) is 0. The van der Waals surface area contributed by atoms with Crippen LogP contribution in [-0.2, 0) is 0 Å². The number of anilines is 1. The molecule has 96 valence electrons. The first-order valence-corrected chi connectivity index (χ1v) is 5.93. The summed E-state index contributed by atoms with van der Waals surface area (Å²) >= 11 is 0. The summed E-state index contributed by atoms with van der Waals surface area (Å²) in [7, 11) is 1.93. The van der Waals surface area contributed by atoms with Crippen LogP contribution in [0.2, 0.25) is 0 Å². The highest BCUT2D eigenvalue weighted by atomic mass is 16.3. The molecule has 2 aromatic rings. The Morgan fingerprint density at radius 2 is 2.00 bits per heavy atom. The molecule has 5 heteroatoms. The third-order valence-electron chi connectivity index (χ3n) is 2.98. The van der Waals surface area contributed by atoms with E-state index in [1.165, 1.54) is 0 Å². The molecule has 0 aliphatic carbocycles. The summed E-state index contributed by atoms with van der Waals surface area (Å²) in [6, 6.07) is 4.05. The third-order valence-corrected chi connectivity index (χ3v) is 2.98. The van der Waals surface area contributed by atoms with Crippen molar-refractivity contribution < 1.29 is 4.42 Å². The summed E-state index contributed by atoms with van der Waals surface area (Å²) in [6.07, 6.45) is 3.53. The van der Waals surface area contributed by atoms with E-state index in [0.717, 1.165) is 17.1 Å². The Bertz CT molecular complexity index is 506. The molecular weight excluding hydrogens is 228 g/mol. The molecule has 0 saturated heterocycles. The molecule has 0 aliphatic rings. The van der Waals surface area contributed by atoms with E-state index in [4.69, 9.17) is 10.2 Å². The van der Waals surface area contributed by atoms with Gasteiger partial charge >= 0.3 is 0 Å². The smallest absolute Gasteiger partial charge is 0.225 e. The summed E-state index contributed by atoms with van der Waals surface area (Å²) in [4.78, 5) is 10.6. The third kappa shape index (κ3) is 2.51. The van der Waals surface area contributed by atoms with E-state index in [1.807, 2.05) is 37.9 Å². The minimum Gasteiger partial charge on any atom is -0.461 e. The molecule has 2 heterocycles. The van der Waals surface area contributed by atoms with E-state index in [1.54, 1.807) is 12.4 Å². The highest BCUT2D eigenvalue weighted by Gasteiger charge is 2.11. The zero-order valence-corrected chi connectivity index (χ0v) is 10.9. The largest absolute Gasteiger partial charge is 0.461 e. The van der Waals surface area contributed by atoms with Crippen molar-refractivity contribution in [3.05, 3.63) is 30.3 Å². The molecule has 1 unspecified atom stereocenters. The Balaban J connectivity index is 2.20. The fraction of sp³-hybridized carbons (Fsp3) is 0.385. The first-order chi connectivity index (χ1) is 8.61. The standard InChI is InChI=1S/C13H18N4O/c1-9(6-14)17(3)13-15-7-11(8-16-13)12-5-4-10(2)18-12/h4-5,7-9H,6,14H2,1-3H3. The van der Waals surface area contributed by atoms with Crippen LogP contribution >= 0.6 is 0 Å². The van der Waals surface area contributed by atoms with Crippen molar-refractivity contribution >= 4 is 5.95 Å². The van der Waals surface area contributed by atoms with E-state index in [0.29, 0.717) is 12.5 Å². The lowest BCUT2D eigenvalue weighted by molar-refractivity contribution is 0.548. The van der Waals surface area contributed by atoms with E-state index >= 15 is 0 Å². The van der Waals surface area contributed by atoms with Gasteiger partial charge in [-0.1, -0.05) is 0 Å². The van der Waals surface area contributed by atoms with Gasteiger partial charge in [-0.05, 0) is 26.0 Å². The molecular formula is C13H18N4O. The maximum absolute atomic E-state index is 5.62. The van der Waals surface area contributed by atoms with E-state index in [2.05, 4.69) is 9.97 Å². The fourth-order valence-corrected chi connectivity index (χ4v) is 1.58. The Hall–Kier alpha value is -1.88. The summed E-state index contributed by atoms with van der Waals surface area (Å²) in [5.41, 5.74) is 6.50. The van der Waals surface area contributed by atoms with E-state index in [-0.39, 0.29) is 6.04 Å². The van der Waals surface area contributed by atoms with Crippen LogP contribution in [0, 0.1) is 6.92 Å². The van der Waals surface area contributed by atoms with Gasteiger partial charge < -0.3 is 15.1 Å². The quantitative estimate of drug-likeness (QED) is 0.891. The zero-order chi connectivity index (χ0) is 13.1. The first kappa shape index (κ1) is 12.6. The topological polar surface area (TPSA) is 68.2 Å². The van der Waals surface area contributed by atoms with Crippen LogP contribution in [-0.4, -0.2) is 29.6 Å². The molecule has 18 heavy (non-hydrogen) atoms. The molecule has 5 nitrogen and oxygen atoms in total. The number of rotatable bonds is 4. The summed E-state index contributed by atoms with van der Waals surface area (Å²) in [5.74, 6) is 2.33. The maximum Gasteiger partial charge on any atom is 0.225 e. The Morgan fingerprint density at radius 1 is 1.33 bits per heavy atom. The van der Waals surface area contributed by atoms with Crippen LogP contribution in [0.15, 0.2) is 28.9 Å². The molecule has 0 bridgehead atoms. The lowest BCUT2D eigenvalue weighted by Crippen LogP contribution is -2.36. The lowest BCUT2D eigenvalue weighted by Gasteiger charge is -2.23.